The molecule has 0 atom stereocenters. The molecule has 0 N–H and O–H groups in total. The van der Waals surface area contributed by atoms with E-state index in [2.05, 4.69) is 16.7 Å². The fourth-order valence-electron chi connectivity index (χ4n) is 2.18. The molecule has 0 bridgehead atoms. The Kier molecular flexibility index (Phi) is 13.4. The zero-order valence-electron chi connectivity index (χ0n) is 14.6. The monoisotopic (exact) mass is 338 g/mol. The lowest BCUT2D eigenvalue weighted by Gasteiger charge is -2.21. The molecule has 0 aromatic rings. The Morgan fingerprint density at radius 1 is 0.625 bits per heavy atom. The third-order valence-electron chi connectivity index (χ3n) is 3.51. The van der Waals surface area contributed by atoms with Crippen molar-refractivity contribution in [2.24, 2.45) is 0 Å². The van der Waals surface area contributed by atoms with Crippen molar-refractivity contribution in [2.75, 3.05) is 85.7 Å². The van der Waals surface area contributed by atoms with Crippen LogP contribution in [0.5, 0.6) is 0 Å². The Morgan fingerprint density at radius 2 is 1.12 bits per heavy atom. The van der Waals surface area contributed by atoms with Crippen molar-refractivity contribution in [3.63, 3.8) is 0 Å². The predicted molar refractivity (Wildman–Crippen MR) is 93.6 cm³/mol. The van der Waals surface area contributed by atoms with Gasteiger partial charge in [0.25, 0.3) is 0 Å². The van der Waals surface area contributed by atoms with Crippen molar-refractivity contribution in [1.29, 1.82) is 0 Å². The van der Waals surface area contributed by atoms with E-state index in [0.29, 0.717) is 66.1 Å². The Balaban J connectivity index is 2.32. The quantitative estimate of drug-likeness (QED) is 0.674. The molecule has 0 radical (unpaired) electrons. The van der Waals surface area contributed by atoms with Gasteiger partial charge in [-0.05, 0) is 6.42 Å². The van der Waals surface area contributed by atoms with Crippen LogP contribution in [0.25, 0.3) is 0 Å². The van der Waals surface area contributed by atoms with E-state index in [4.69, 9.17) is 31.8 Å². The molecule has 1 fully saturated rings. The van der Waals surface area contributed by atoms with Crippen LogP contribution in [0.2, 0.25) is 0 Å². The molecule has 0 amide bonds. The smallest absolute Gasteiger partial charge is 0.0998 e. The molecular formula is C18H30N2O4. The van der Waals surface area contributed by atoms with Gasteiger partial charge in [0.05, 0.1) is 59.5 Å². The van der Waals surface area contributed by atoms with Crippen LogP contribution >= 0.6 is 0 Å². The van der Waals surface area contributed by atoms with Crippen LogP contribution in [0.15, 0.2) is 0 Å². The van der Waals surface area contributed by atoms with Gasteiger partial charge in [-0.2, -0.15) is 0 Å². The molecule has 1 aliphatic heterocycles. The van der Waals surface area contributed by atoms with Crippen LogP contribution in [0.3, 0.4) is 0 Å². The highest BCUT2D eigenvalue weighted by Crippen LogP contribution is 1.94. The second kappa shape index (κ2) is 15.4. The SMILES string of the molecule is C#CCN1CCOCCCOCN(CC#C)CCOCCOCC1. The molecule has 1 heterocycles. The van der Waals surface area contributed by atoms with Crippen molar-refractivity contribution in [3.8, 4) is 24.7 Å². The molecule has 1 saturated heterocycles. The van der Waals surface area contributed by atoms with Crippen LogP contribution in [0, 0.1) is 24.7 Å². The summed E-state index contributed by atoms with van der Waals surface area (Å²) in [5, 5.41) is 0. The molecule has 0 aromatic carbocycles. The minimum atomic E-state index is 0.514. The number of rotatable bonds is 2. The first-order valence-corrected chi connectivity index (χ1v) is 8.49. The van der Waals surface area contributed by atoms with E-state index >= 15 is 0 Å². The van der Waals surface area contributed by atoms with Crippen LogP contribution < -0.4 is 0 Å². The number of ether oxygens (including phenoxy) is 4. The third kappa shape index (κ3) is 11.4. The first-order valence-electron chi connectivity index (χ1n) is 8.49. The van der Waals surface area contributed by atoms with Crippen LogP contribution in [-0.2, 0) is 18.9 Å². The summed E-state index contributed by atoms with van der Waals surface area (Å²) in [5.41, 5.74) is 0. The van der Waals surface area contributed by atoms with Crippen LogP contribution in [0.4, 0.5) is 0 Å². The van der Waals surface area contributed by atoms with Gasteiger partial charge in [-0.15, -0.1) is 12.8 Å². The first-order chi connectivity index (χ1) is 11.9. The minimum Gasteiger partial charge on any atom is -0.380 e. The van der Waals surface area contributed by atoms with E-state index in [1.807, 2.05) is 4.90 Å². The highest BCUT2D eigenvalue weighted by Gasteiger charge is 2.05. The molecule has 0 aliphatic carbocycles. The predicted octanol–water partition coefficient (Wildman–Crippen LogP) is 0.284. The Labute approximate surface area is 146 Å². The zero-order valence-corrected chi connectivity index (χ0v) is 14.6. The summed E-state index contributed by atoms with van der Waals surface area (Å²) in [6, 6.07) is 0. The number of nitrogens with zero attached hydrogens (tertiary/aromatic N) is 2. The number of hydrogen-bond donors (Lipinski definition) is 0. The Bertz CT molecular complexity index is 322. The van der Waals surface area contributed by atoms with Crippen LogP contribution in [0.1, 0.15) is 6.42 Å². The lowest BCUT2D eigenvalue weighted by Crippen LogP contribution is -2.32. The van der Waals surface area contributed by atoms with E-state index in [1.54, 1.807) is 0 Å². The molecule has 0 unspecified atom stereocenters. The third-order valence-corrected chi connectivity index (χ3v) is 3.51. The van der Waals surface area contributed by atoms with Crippen LogP contribution in [-0.4, -0.2) is 95.5 Å². The van der Waals surface area contributed by atoms with Gasteiger partial charge in [-0.1, -0.05) is 11.8 Å². The average molecular weight is 338 g/mol. The van der Waals surface area contributed by atoms with Gasteiger partial charge in [-0.3, -0.25) is 9.80 Å². The largest absolute Gasteiger partial charge is 0.380 e. The maximum atomic E-state index is 5.64. The lowest BCUT2D eigenvalue weighted by molar-refractivity contribution is -0.00680. The molecule has 6 nitrogen and oxygen atoms in total. The lowest BCUT2D eigenvalue weighted by atomic mass is 10.4. The first kappa shape index (κ1) is 20.9. The Hall–Kier alpha value is -1.12. The molecule has 1 aliphatic rings. The van der Waals surface area contributed by atoms with Crippen molar-refractivity contribution in [3.05, 3.63) is 0 Å². The number of hydrogen-bond acceptors (Lipinski definition) is 6. The summed E-state index contributed by atoms with van der Waals surface area (Å²) in [4.78, 5) is 4.20. The van der Waals surface area contributed by atoms with E-state index in [1.165, 1.54) is 0 Å². The topological polar surface area (TPSA) is 43.4 Å². The van der Waals surface area contributed by atoms with E-state index in [-0.39, 0.29) is 0 Å². The molecule has 24 heavy (non-hydrogen) atoms. The molecule has 0 spiro atoms. The average Bonchev–Trinajstić information content (AvgIpc) is 2.58. The summed E-state index contributed by atoms with van der Waals surface area (Å²) < 4.78 is 22.4. The normalized spacial score (nSPS) is 21.9. The summed E-state index contributed by atoms with van der Waals surface area (Å²) in [6.07, 6.45) is 11.6. The van der Waals surface area contributed by atoms with Crippen molar-refractivity contribution in [1.82, 2.24) is 9.80 Å². The van der Waals surface area contributed by atoms with Gasteiger partial charge in [0.2, 0.25) is 0 Å². The molecule has 1 rings (SSSR count). The summed E-state index contributed by atoms with van der Waals surface area (Å²) in [6.45, 7) is 8.43. The van der Waals surface area contributed by atoms with Gasteiger partial charge in [0.1, 0.15) is 0 Å². The van der Waals surface area contributed by atoms with E-state index in [0.717, 1.165) is 26.1 Å². The summed E-state index contributed by atoms with van der Waals surface area (Å²) in [7, 11) is 0. The number of terminal acetylenes is 2. The molecule has 0 aromatic heterocycles. The summed E-state index contributed by atoms with van der Waals surface area (Å²) in [5.74, 6) is 5.31. The fraction of sp³-hybridized carbons (Fsp3) is 0.778. The molecule has 136 valence electrons. The van der Waals surface area contributed by atoms with Gasteiger partial charge in [0.15, 0.2) is 0 Å². The maximum Gasteiger partial charge on any atom is 0.0998 e. The van der Waals surface area contributed by atoms with Gasteiger partial charge < -0.3 is 18.9 Å². The molecular weight excluding hydrogens is 308 g/mol. The van der Waals surface area contributed by atoms with Gasteiger partial charge in [0, 0.05) is 26.2 Å². The summed E-state index contributed by atoms with van der Waals surface area (Å²) >= 11 is 0. The van der Waals surface area contributed by atoms with Crippen molar-refractivity contribution >= 4 is 0 Å². The molecule has 0 saturated carbocycles. The standard InChI is InChI=1S/C18H30N2O4/c1-3-6-19-8-13-21-11-5-12-24-18-20(7-4-2)10-15-23-17-16-22-14-9-19/h1-2H,5-18H2. The van der Waals surface area contributed by atoms with Crippen molar-refractivity contribution < 1.29 is 18.9 Å². The van der Waals surface area contributed by atoms with Crippen molar-refractivity contribution in [2.45, 2.75) is 6.42 Å². The molecule has 6 heteroatoms. The Morgan fingerprint density at radius 3 is 1.75 bits per heavy atom. The second-order valence-corrected chi connectivity index (χ2v) is 5.46. The maximum absolute atomic E-state index is 5.64. The second-order valence-electron chi connectivity index (χ2n) is 5.46. The highest BCUT2D eigenvalue weighted by molar-refractivity contribution is 4.88. The zero-order chi connectivity index (χ0) is 17.3. The highest BCUT2D eigenvalue weighted by atomic mass is 16.5. The van der Waals surface area contributed by atoms with Gasteiger partial charge in [-0.25, -0.2) is 0 Å². The van der Waals surface area contributed by atoms with E-state index in [9.17, 15) is 0 Å². The van der Waals surface area contributed by atoms with Gasteiger partial charge >= 0.3 is 0 Å². The minimum absolute atomic E-state index is 0.514. The van der Waals surface area contributed by atoms with E-state index < -0.39 is 0 Å². The fourth-order valence-corrected chi connectivity index (χ4v) is 2.18.